The summed E-state index contributed by atoms with van der Waals surface area (Å²) in [6, 6.07) is 4.75. The van der Waals surface area contributed by atoms with Gasteiger partial charge in [0.1, 0.15) is 11.5 Å². The van der Waals surface area contributed by atoms with Gasteiger partial charge >= 0.3 is 0 Å². The van der Waals surface area contributed by atoms with Crippen molar-refractivity contribution in [3.8, 4) is 5.75 Å². The lowest BCUT2D eigenvalue weighted by Crippen LogP contribution is -2.47. The van der Waals surface area contributed by atoms with Crippen LogP contribution in [0.1, 0.15) is 49.5 Å². The Morgan fingerprint density at radius 2 is 1.82 bits per heavy atom. The van der Waals surface area contributed by atoms with E-state index in [9.17, 15) is 9.59 Å². The average molecular weight is 467 g/mol. The smallest absolute Gasteiger partial charge is 0.278 e. The van der Waals surface area contributed by atoms with Crippen molar-refractivity contribution >= 4 is 28.9 Å². The second-order valence-corrected chi connectivity index (χ2v) is 8.82. The zero-order chi connectivity index (χ0) is 24.2. The fraction of sp³-hybridized carbons (Fsp3) is 0.560. The quantitative estimate of drug-likeness (QED) is 0.518. The number of nitrogens with zero attached hydrogens (tertiary/aromatic N) is 6. The second-order valence-electron chi connectivity index (χ2n) is 8.82. The molecule has 1 fully saturated rings. The third-order valence-corrected chi connectivity index (χ3v) is 6.49. The van der Waals surface area contributed by atoms with Gasteiger partial charge in [-0.25, -0.2) is 4.99 Å². The second kappa shape index (κ2) is 10.6. The first kappa shape index (κ1) is 24.2. The molecule has 9 heteroatoms. The number of rotatable bonds is 9. The maximum absolute atomic E-state index is 13.1. The van der Waals surface area contributed by atoms with E-state index in [2.05, 4.69) is 33.7 Å². The van der Waals surface area contributed by atoms with Gasteiger partial charge in [-0.3, -0.25) is 19.5 Å². The molecule has 0 radical (unpaired) electrons. The number of carbonyl (C=O) groups excluding carboxylic acids is 2. The first-order chi connectivity index (χ1) is 16.4. The largest absolute Gasteiger partial charge is 0.493 e. The molecule has 3 aliphatic rings. The summed E-state index contributed by atoms with van der Waals surface area (Å²) in [5.74, 6) is 0.581. The van der Waals surface area contributed by atoms with E-state index < -0.39 is 6.04 Å². The summed E-state index contributed by atoms with van der Waals surface area (Å²) in [4.78, 5) is 39.7. The highest BCUT2D eigenvalue weighted by molar-refractivity contribution is 6.52. The normalized spacial score (nSPS) is 21.2. The molecule has 34 heavy (non-hydrogen) atoms. The summed E-state index contributed by atoms with van der Waals surface area (Å²) in [6.07, 6.45) is 1.64. The van der Waals surface area contributed by atoms with Gasteiger partial charge in [0, 0.05) is 38.8 Å². The highest BCUT2D eigenvalue weighted by Gasteiger charge is 2.40. The van der Waals surface area contributed by atoms with Crippen LogP contribution in [0.5, 0.6) is 5.75 Å². The molecule has 0 aliphatic carbocycles. The fourth-order valence-corrected chi connectivity index (χ4v) is 4.59. The number of fused-ring (bicyclic) bond motifs is 1. The molecule has 1 saturated heterocycles. The van der Waals surface area contributed by atoms with Crippen molar-refractivity contribution in [1.29, 1.82) is 0 Å². The van der Waals surface area contributed by atoms with Crippen LogP contribution in [-0.4, -0.2) is 103 Å². The lowest BCUT2D eigenvalue weighted by Gasteiger charge is -2.33. The van der Waals surface area contributed by atoms with Gasteiger partial charge in [0.15, 0.2) is 17.7 Å². The topological polar surface area (TPSA) is 90.2 Å². The predicted octanol–water partition coefficient (Wildman–Crippen LogP) is 2.10. The van der Waals surface area contributed by atoms with Gasteiger partial charge in [0.05, 0.1) is 24.4 Å². The van der Waals surface area contributed by atoms with Gasteiger partial charge in [-0.05, 0) is 38.1 Å². The third kappa shape index (κ3) is 4.95. The van der Waals surface area contributed by atoms with E-state index >= 15 is 0 Å². The Balaban J connectivity index is 1.61. The molecule has 0 saturated carbocycles. The van der Waals surface area contributed by atoms with Crippen LogP contribution in [0.25, 0.3) is 0 Å². The molecule has 182 valence electrons. The fourth-order valence-electron chi connectivity index (χ4n) is 4.59. The number of ketones is 1. The van der Waals surface area contributed by atoms with E-state index in [1.807, 2.05) is 6.92 Å². The number of amidine groups is 1. The van der Waals surface area contributed by atoms with Crippen molar-refractivity contribution in [2.24, 2.45) is 15.1 Å². The van der Waals surface area contributed by atoms with E-state index in [4.69, 9.17) is 9.73 Å². The number of piperazine rings is 1. The number of hydrogen-bond acceptors (Lipinski definition) is 8. The van der Waals surface area contributed by atoms with Crippen LogP contribution in [-0.2, 0) is 4.79 Å². The van der Waals surface area contributed by atoms with Crippen LogP contribution in [0.4, 0.5) is 0 Å². The Hall–Kier alpha value is -2.91. The lowest BCUT2D eigenvalue weighted by atomic mass is 10.0. The number of amides is 1. The Bertz CT molecular complexity index is 1040. The van der Waals surface area contributed by atoms with E-state index in [0.29, 0.717) is 35.7 Å². The molecular formula is C25H34N6O3. The molecule has 0 bridgehead atoms. The molecule has 3 aliphatic heterocycles. The van der Waals surface area contributed by atoms with Gasteiger partial charge in [0.25, 0.3) is 5.91 Å². The number of carbonyl (C=O) groups is 2. The van der Waals surface area contributed by atoms with Crippen molar-refractivity contribution < 1.29 is 14.3 Å². The molecule has 4 rings (SSSR count). The molecule has 0 aromatic heterocycles. The maximum atomic E-state index is 13.1. The Labute approximate surface area is 201 Å². The minimum Gasteiger partial charge on any atom is -0.493 e. The van der Waals surface area contributed by atoms with Crippen molar-refractivity contribution in [3.63, 3.8) is 0 Å². The van der Waals surface area contributed by atoms with Gasteiger partial charge in [-0.1, -0.05) is 20.3 Å². The maximum Gasteiger partial charge on any atom is 0.278 e. The number of aliphatic imine (C=N–C) groups is 2. The van der Waals surface area contributed by atoms with E-state index in [-0.39, 0.29) is 17.5 Å². The highest BCUT2D eigenvalue weighted by atomic mass is 16.5. The third-order valence-electron chi connectivity index (χ3n) is 6.49. The van der Waals surface area contributed by atoms with Crippen LogP contribution in [0.3, 0.4) is 0 Å². The van der Waals surface area contributed by atoms with E-state index in [1.165, 1.54) is 0 Å². The van der Waals surface area contributed by atoms with Crippen molar-refractivity contribution in [3.05, 3.63) is 29.3 Å². The van der Waals surface area contributed by atoms with Crippen molar-refractivity contribution in [2.75, 3.05) is 52.9 Å². The zero-order valence-corrected chi connectivity index (χ0v) is 20.6. The van der Waals surface area contributed by atoms with E-state index in [1.54, 1.807) is 30.3 Å². The lowest BCUT2D eigenvalue weighted by molar-refractivity contribution is -0.120. The van der Waals surface area contributed by atoms with Crippen LogP contribution < -0.4 is 4.74 Å². The van der Waals surface area contributed by atoms with Crippen LogP contribution >= 0.6 is 0 Å². The van der Waals surface area contributed by atoms with Crippen LogP contribution in [0.2, 0.25) is 0 Å². The summed E-state index contributed by atoms with van der Waals surface area (Å²) in [5, 5.41) is 6.15. The molecule has 1 aromatic carbocycles. The van der Waals surface area contributed by atoms with E-state index in [0.717, 1.165) is 51.3 Å². The first-order valence-electron chi connectivity index (χ1n) is 12.2. The van der Waals surface area contributed by atoms with Crippen molar-refractivity contribution in [2.45, 2.75) is 39.7 Å². The summed E-state index contributed by atoms with van der Waals surface area (Å²) >= 11 is 0. The molecule has 1 unspecified atom stereocenters. The molecule has 3 heterocycles. The minimum absolute atomic E-state index is 0.0383. The summed E-state index contributed by atoms with van der Waals surface area (Å²) in [6.45, 7) is 11.7. The molecule has 1 aromatic rings. The number of likely N-dealkylation sites (N-methyl/N-ethyl adjacent to an activating group) is 2. The predicted molar refractivity (Wildman–Crippen MR) is 133 cm³/mol. The number of benzene rings is 1. The zero-order valence-electron chi connectivity index (χ0n) is 20.6. The standard InChI is InChI=1S/C25H34N6O3/c1-5-8-19-22-23(29(4)28-19)25(33)27-24(26-22)18-15-17(9-10-21(18)34-7-3)20(32)16-31-13-11-30(6-2)12-14-31/h9-10,15,23H,5-8,11-14,16H2,1-4H3. The van der Waals surface area contributed by atoms with Crippen molar-refractivity contribution in [1.82, 2.24) is 14.8 Å². The Morgan fingerprint density at radius 3 is 2.50 bits per heavy atom. The van der Waals surface area contributed by atoms with Gasteiger partial charge < -0.3 is 9.64 Å². The molecule has 0 spiro atoms. The summed E-state index contributed by atoms with van der Waals surface area (Å²) in [7, 11) is 1.77. The Morgan fingerprint density at radius 1 is 1.09 bits per heavy atom. The first-order valence-corrected chi connectivity index (χ1v) is 12.2. The number of hydrazone groups is 1. The van der Waals surface area contributed by atoms with Crippen LogP contribution in [0.15, 0.2) is 33.3 Å². The Kier molecular flexibility index (Phi) is 7.53. The monoisotopic (exact) mass is 466 g/mol. The number of Topliss-reactive ketones (excluding diaryl/α,β-unsaturated/α-hetero) is 1. The molecule has 9 nitrogen and oxygen atoms in total. The number of hydrogen-bond donors (Lipinski definition) is 0. The van der Waals surface area contributed by atoms with Gasteiger partial charge in [0.2, 0.25) is 0 Å². The average Bonchev–Trinajstić information content (AvgIpc) is 3.15. The summed E-state index contributed by atoms with van der Waals surface area (Å²) in [5.41, 5.74) is 2.59. The number of ether oxygens (including phenoxy) is 1. The molecule has 1 amide bonds. The minimum atomic E-state index is -0.576. The summed E-state index contributed by atoms with van der Waals surface area (Å²) < 4.78 is 5.81. The SMILES string of the molecule is CCCC1=NN(C)C2C(=O)N=C(c3cc(C(=O)CN4CCN(CC)CC4)ccc3OCC)N=C12. The van der Waals surface area contributed by atoms with Gasteiger partial charge in [-0.15, -0.1) is 0 Å². The molecule has 0 N–H and O–H groups in total. The van der Waals surface area contributed by atoms with Gasteiger partial charge in [-0.2, -0.15) is 10.1 Å². The molecular weight excluding hydrogens is 432 g/mol. The van der Waals surface area contributed by atoms with Crippen LogP contribution in [0, 0.1) is 0 Å². The highest BCUT2D eigenvalue weighted by Crippen LogP contribution is 2.27. The molecule has 1 atom stereocenters.